The summed E-state index contributed by atoms with van der Waals surface area (Å²) >= 11 is 1.61. The fourth-order valence-corrected chi connectivity index (χ4v) is 4.23. The largest absolute Gasteiger partial charge is 0.497 e. The molecule has 2 heterocycles. The normalized spacial score (nSPS) is 11.2. The van der Waals surface area contributed by atoms with Crippen LogP contribution in [-0.4, -0.2) is 23.0 Å². The minimum absolute atomic E-state index is 0.235. The molecule has 3 aromatic carbocycles. The third-order valence-electron chi connectivity index (χ3n) is 5.06. The molecular formula is C24H20N4O3S. The first-order valence-electron chi connectivity index (χ1n) is 9.94. The third kappa shape index (κ3) is 4.00. The van der Waals surface area contributed by atoms with Crippen LogP contribution in [0, 0.1) is 0 Å². The molecule has 0 aliphatic heterocycles. The van der Waals surface area contributed by atoms with E-state index >= 15 is 0 Å². The molecule has 4 N–H and O–H groups in total. The highest BCUT2D eigenvalue weighted by molar-refractivity contribution is 7.98. The van der Waals surface area contributed by atoms with Crippen molar-refractivity contribution in [2.24, 2.45) is 0 Å². The number of nitrogens with one attached hydrogen (secondary N) is 2. The van der Waals surface area contributed by atoms with Gasteiger partial charge in [0.2, 0.25) is 0 Å². The second-order valence-electron chi connectivity index (χ2n) is 7.24. The summed E-state index contributed by atoms with van der Waals surface area (Å²) in [5, 5.41) is 4.49. The number of rotatable bonds is 6. The Morgan fingerprint density at radius 1 is 1.16 bits per heavy atom. The second kappa shape index (κ2) is 8.32. The van der Waals surface area contributed by atoms with E-state index in [2.05, 4.69) is 15.3 Å². The molecule has 0 saturated heterocycles. The molecule has 5 aromatic rings. The Morgan fingerprint density at radius 3 is 2.88 bits per heavy atom. The zero-order valence-corrected chi connectivity index (χ0v) is 18.0. The summed E-state index contributed by atoms with van der Waals surface area (Å²) in [6.45, 7) is 0. The molecule has 7 nitrogen and oxygen atoms in total. The third-order valence-corrected chi connectivity index (χ3v) is 6.00. The number of carbonyl (C=O) groups is 1. The van der Waals surface area contributed by atoms with Crippen molar-refractivity contribution in [3.63, 3.8) is 0 Å². The molecule has 32 heavy (non-hydrogen) atoms. The number of imidazole rings is 1. The highest BCUT2D eigenvalue weighted by Crippen LogP contribution is 2.28. The zero-order chi connectivity index (χ0) is 22.1. The van der Waals surface area contributed by atoms with E-state index in [4.69, 9.17) is 14.9 Å². The van der Waals surface area contributed by atoms with E-state index in [1.807, 2.05) is 48.5 Å². The number of carbonyl (C=O) groups excluding carboxylic acids is 1. The van der Waals surface area contributed by atoms with E-state index in [0.29, 0.717) is 17.0 Å². The van der Waals surface area contributed by atoms with Gasteiger partial charge in [0.15, 0.2) is 10.9 Å². The van der Waals surface area contributed by atoms with Crippen LogP contribution >= 0.6 is 11.8 Å². The molecule has 0 bridgehead atoms. The lowest BCUT2D eigenvalue weighted by Gasteiger charge is -2.05. The smallest absolute Gasteiger partial charge is 0.291 e. The number of nitrogens with zero attached hydrogens (tertiary/aromatic N) is 1. The number of ether oxygens (including phenoxy) is 1. The molecule has 0 spiro atoms. The van der Waals surface area contributed by atoms with Crippen LogP contribution in [0.4, 0.5) is 11.4 Å². The number of para-hydroxylation sites is 2. The molecule has 0 saturated carbocycles. The Morgan fingerprint density at radius 2 is 2.03 bits per heavy atom. The number of thioether (sulfide) groups is 1. The number of fused-ring (bicyclic) bond motifs is 2. The molecular weight excluding hydrogens is 424 g/mol. The fourth-order valence-electron chi connectivity index (χ4n) is 3.40. The van der Waals surface area contributed by atoms with Crippen molar-refractivity contribution in [1.29, 1.82) is 0 Å². The van der Waals surface area contributed by atoms with Gasteiger partial charge in [0.1, 0.15) is 11.3 Å². The Kier molecular flexibility index (Phi) is 5.20. The van der Waals surface area contributed by atoms with E-state index in [9.17, 15) is 4.79 Å². The SMILES string of the molecule is COc1ccc2nc(SCc3ccc4oc(C(=O)Nc5ccccc5N)cc4c3)[nH]c2c1. The summed E-state index contributed by atoms with van der Waals surface area (Å²) in [6, 6.07) is 20.5. The molecule has 160 valence electrons. The van der Waals surface area contributed by atoms with Crippen LogP contribution in [0.1, 0.15) is 16.1 Å². The van der Waals surface area contributed by atoms with Crippen molar-refractivity contribution in [3.05, 3.63) is 78.1 Å². The van der Waals surface area contributed by atoms with E-state index in [1.165, 1.54) is 0 Å². The Hall–Kier alpha value is -3.91. The predicted molar refractivity (Wildman–Crippen MR) is 127 cm³/mol. The number of aromatic nitrogens is 2. The molecule has 0 unspecified atom stereocenters. The second-order valence-corrected chi connectivity index (χ2v) is 8.20. The molecule has 0 aliphatic carbocycles. The summed E-state index contributed by atoms with van der Waals surface area (Å²) in [4.78, 5) is 20.5. The maximum atomic E-state index is 12.6. The highest BCUT2D eigenvalue weighted by atomic mass is 32.2. The van der Waals surface area contributed by atoms with Gasteiger partial charge in [-0.05, 0) is 48.0 Å². The number of methoxy groups -OCH3 is 1. The number of amides is 1. The Bertz CT molecular complexity index is 1440. The lowest BCUT2D eigenvalue weighted by atomic mass is 10.2. The lowest BCUT2D eigenvalue weighted by molar-refractivity contribution is 0.0999. The summed E-state index contributed by atoms with van der Waals surface area (Å²) < 4.78 is 11.0. The Labute approximate surface area is 188 Å². The molecule has 5 rings (SSSR count). The van der Waals surface area contributed by atoms with Crippen molar-refractivity contribution in [2.75, 3.05) is 18.2 Å². The number of nitrogens with two attached hydrogens (primary N) is 1. The van der Waals surface area contributed by atoms with Gasteiger partial charge in [0, 0.05) is 17.2 Å². The zero-order valence-electron chi connectivity index (χ0n) is 17.2. The first kappa shape index (κ1) is 20.0. The summed E-state index contributed by atoms with van der Waals surface area (Å²) in [5.41, 5.74) is 10.5. The van der Waals surface area contributed by atoms with Crippen LogP contribution in [0.15, 0.2) is 76.3 Å². The number of H-pyrrole nitrogens is 1. The van der Waals surface area contributed by atoms with Gasteiger partial charge in [-0.1, -0.05) is 30.0 Å². The van der Waals surface area contributed by atoms with Crippen molar-refractivity contribution in [3.8, 4) is 5.75 Å². The lowest BCUT2D eigenvalue weighted by Crippen LogP contribution is -2.12. The first-order valence-corrected chi connectivity index (χ1v) is 10.9. The minimum Gasteiger partial charge on any atom is -0.497 e. The average Bonchev–Trinajstić information content (AvgIpc) is 3.42. The molecule has 1 amide bonds. The van der Waals surface area contributed by atoms with Crippen molar-refractivity contribution in [2.45, 2.75) is 10.9 Å². The number of benzene rings is 3. The van der Waals surface area contributed by atoms with E-state index in [0.717, 1.165) is 38.6 Å². The predicted octanol–water partition coefficient (Wildman–Crippen LogP) is 5.44. The van der Waals surface area contributed by atoms with Gasteiger partial charge in [-0.15, -0.1) is 0 Å². The molecule has 2 aromatic heterocycles. The minimum atomic E-state index is -0.340. The molecule has 0 radical (unpaired) electrons. The van der Waals surface area contributed by atoms with Crippen LogP contribution in [0.3, 0.4) is 0 Å². The Balaban J connectivity index is 1.30. The monoisotopic (exact) mass is 444 g/mol. The average molecular weight is 445 g/mol. The molecule has 0 fully saturated rings. The van der Waals surface area contributed by atoms with Gasteiger partial charge in [0.05, 0.1) is 29.5 Å². The molecule has 8 heteroatoms. The number of furan rings is 1. The first-order chi connectivity index (χ1) is 15.6. The van der Waals surface area contributed by atoms with Crippen LogP contribution in [0.25, 0.3) is 22.0 Å². The van der Waals surface area contributed by atoms with Crippen molar-refractivity contribution < 1.29 is 13.9 Å². The van der Waals surface area contributed by atoms with Crippen LogP contribution in [0.5, 0.6) is 5.75 Å². The summed E-state index contributed by atoms with van der Waals surface area (Å²) in [5.74, 6) is 1.41. The fraction of sp³-hybridized carbons (Fsp3) is 0.0833. The van der Waals surface area contributed by atoms with Crippen LogP contribution < -0.4 is 15.8 Å². The number of hydrogen-bond acceptors (Lipinski definition) is 6. The van der Waals surface area contributed by atoms with Crippen molar-refractivity contribution >= 4 is 51.0 Å². The maximum absolute atomic E-state index is 12.6. The topological polar surface area (TPSA) is 106 Å². The van der Waals surface area contributed by atoms with Gasteiger partial charge < -0.3 is 25.2 Å². The number of hydrogen-bond donors (Lipinski definition) is 3. The van der Waals surface area contributed by atoms with E-state index in [-0.39, 0.29) is 11.7 Å². The molecule has 0 aliphatic rings. The van der Waals surface area contributed by atoms with Crippen LogP contribution in [0.2, 0.25) is 0 Å². The molecule has 0 atom stereocenters. The number of anilines is 2. The quantitative estimate of drug-likeness (QED) is 0.238. The van der Waals surface area contributed by atoms with Gasteiger partial charge in [-0.25, -0.2) is 4.98 Å². The standard InChI is InChI=1S/C24H20N4O3S/c1-30-16-7-8-19-20(12-16)28-24(27-19)32-13-14-6-9-21-15(10-14)11-22(31-21)23(29)26-18-5-3-2-4-17(18)25/h2-12H,13,25H2,1H3,(H,26,29)(H,27,28). The van der Waals surface area contributed by atoms with Gasteiger partial charge in [-0.2, -0.15) is 0 Å². The highest BCUT2D eigenvalue weighted by Gasteiger charge is 2.14. The number of nitrogen functional groups attached to an aromatic ring is 1. The van der Waals surface area contributed by atoms with E-state index < -0.39 is 0 Å². The summed E-state index contributed by atoms with van der Waals surface area (Å²) in [6.07, 6.45) is 0. The number of aromatic amines is 1. The maximum Gasteiger partial charge on any atom is 0.291 e. The summed E-state index contributed by atoms with van der Waals surface area (Å²) in [7, 11) is 1.64. The van der Waals surface area contributed by atoms with Gasteiger partial charge in [-0.3, -0.25) is 4.79 Å². The van der Waals surface area contributed by atoms with E-state index in [1.54, 1.807) is 37.1 Å². The van der Waals surface area contributed by atoms with Crippen LogP contribution in [-0.2, 0) is 5.75 Å². The van der Waals surface area contributed by atoms with Gasteiger partial charge >= 0.3 is 0 Å². The van der Waals surface area contributed by atoms with Gasteiger partial charge in [0.25, 0.3) is 5.91 Å². The van der Waals surface area contributed by atoms with Crippen molar-refractivity contribution in [1.82, 2.24) is 9.97 Å².